The van der Waals surface area contributed by atoms with Crippen LogP contribution in [0.15, 0.2) is 24.3 Å². The van der Waals surface area contributed by atoms with Gasteiger partial charge in [-0.05, 0) is 44.4 Å². The van der Waals surface area contributed by atoms with Gasteiger partial charge in [0.25, 0.3) is 5.91 Å². The number of benzene rings is 1. The van der Waals surface area contributed by atoms with Crippen LogP contribution in [0, 0.1) is 13.8 Å². The SMILES string of the molecule is Cc1[nH]c(-c2nc3ccccc3[nH]2)c(C)c1C(=O)N1CCCC1. The van der Waals surface area contributed by atoms with Gasteiger partial charge in [0.15, 0.2) is 5.82 Å². The molecule has 23 heavy (non-hydrogen) atoms. The van der Waals surface area contributed by atoms with Crippen molar-refractivity contribution in [1.82, 2.24) is 19.9 Å². The van der Waals surface area contributed by atoms with E-state index in [-0.39, 0.29) is 5.91 Å². The minimum atomic E-state index is 0.135. The van der Waals surface area contributed by atoms with Crippen molar-refractivity contribution in [1.29, 1.82) is 0 Å². The van der Waals surface area contributed by atoms with Gasteiger partial charge >= 0.3 is 0 Å². The number of nitrogens with one attached hydrogen (secondary N) is 2. The van der Waals surface area contributed by atoms with Crippen LogP contribution in [0.1, 0.15) is 34.5 Å². The van der Waals surface area contributed by atoms with E-state index in [1.165, 1.54) is 0 Å². The van der Waals surface area contributed by atoms with Gasteiger partial charge in [0.05, 0.1) is 22.3 Å². The maximum atomic E-state index is 12.8. The summed E-state index contributed by atoms with van der Waals surface area (Å²) >= 11 is 0. The highest BCUT2D eigenvalue weighted by Crippen LogP contribution is 2.28. The summed E-state index contributed by atoms with van der Waals surface area (Å²) in [6.07, 6.45) is 2.20. The third kappa shape index (κ3) is 2.23. The molecule has 5 heteroatoms. The molecule has 1 saturated heterocycles. The Kier molecular flexibility index (Phi) is 3.22. The Morgan fingerprint density at radius 1 is 1.13 bits per heavy atom. The molecule has 1 aliphatic heterocycles. The van der Waals surface area contributed by atoms with Crippen LogP contribution in [0.2, 0.25) is 0 Å². The lowest BCUT2D eigenvalue weighted by Crippen LogP contribution is -2.28. The number of hydrogen-bond acceptors (Lipinski definition) is 2. The second-order valence-electron chi connectivity index (χ2n) is 6.23. The van der Waals surface area contributed by atoms with Crippen LogP contribution in [-0.2, 0) is 0 Å². The first-order chi connectivity index (χ1) is 11.1. The first-order valence-corrected chi connectivity index (χ1v) is 8.08. The summed E-state index contributed by atoms with van der Waals surface area (Å²) in [6, 6.07) is 7.95. The molecule has 3 aromatic rings. The van der Waals surface area contributed by atoms with E-state index in [4.69, 9.17) is 0 Å². The van der Waals surface area contributed by atoms with Crippen LogP contribution >= 0.6 is 0 Å². The third-order valence-electron chi connectivity index (χ3n) is 4.67. The van der Waals surface area contributed by atoms with E-state index in [1.807, 2.05) is 43.0 Å². The second-order valence-corrected chi connectivity index (χ2v) is 6.23. The summed E-state index contributed by atoms with van der Waals surface area (Å²) in [5, 5.41) is 0. The van der Waals surface area contributed by atoms with E-state index in [9.17, 15) is 4.79 Å². The average molecular weight is 308 g/mol. The molecular weight excluding hydrogens is 288 g/mol. The van der Waals surface area contributed by atoms with Gasteiger partial charge in [0.1, 0.15) is 0 Å². The van der Waals surface area contributed by atoms with Gasteiger partial charge in [0, 0.05) is 18.8 Å². The molecule has 0 saturated carbocycles. The van der Waals surface area contributed by atoms with Crippen molar-refractivity contribution in [2.75, 3.05) is 13.1 Å². The average Bonchev–Trinajstić information content (AvgIpc) is 3.25. The van der Waals surface area contributed by atoms with E-state index in [1.54, 1.807) is 0 Å². The monoisotopic (exact) mass is 308 g/mol. The summed E-state index contributed by atoms with van der Waals surface area (Å²) in [4.78, 5) is 26.1. The second kappa shape index (κ2) is 5.26. The highest BCUT2D eigenvalue weighted by atomic mass is 16.2. The van der Waals surface area contributed by atoms with Crippen molar-refractivity contribution in [3.05, 3.63) is 41.1 Å². The van der Waals surface area contributed by atoms with Gasteiger partial charge in [-0.1, -0.05) is 12.1 Å². The third-order valence-corrected chi connectivity index (χ3v) is 4.67. The van der Waals surface area contributed by atoms with Crippen LogP contribution in [0.3, 0.4) is 0 Å². The van der Waals surface area contributed by atoms with Crippen molar-refractivity contribution < 1.29 is 4.79 Å². The molecule has 3 heterocycles. The smallest absolute Gasteiger partial charge is 0.255 e. The van der Waals surface area contributed by atoms with Crippen molar-refractivity contribution in [2.45, 2.75) is 26.7 Å². The number of amides is 1. The zero-order valence-electron chi connectivity index (χ0n) is 13.4. The lowest BCUT2D eigenvalue weighted by Gasteiger charge is -2.15. The number of imidazole rings is 1. The highest BCUT2D eigenvalue weighted by Gasteiger charge is 2.26. The van der Waals surface area contributed by atoms with Crippen molar-refractivity contribution in [2.24, 2.45) is 0 Å². The zero-order chi connectivity index (χ0) is 16.0. The van der Waals surface area contributed by atoms with Gasteiger partial charge in [-0.15, -0.1) is 0 Å². The van der Waals surface area contributed by atoms with Gasteiger partial charge in [-0.3, -0.25) is 4.79 Å². The van der Waals surface area contributed by atoms with Gasteiger partial charge in [-0.25, -0.2) is 4.98 Å². The molecule has 5 nitrogen and oxygen atoms in total. The Labute approximate surface area is 134 Å². The summed E-state index contributed by atoms with van der Waals surface area (Å²) < 4.78 is 0. The molecule has 0 radical (unpaired) electrons. The molecule has 118 valence electrons. The number of nitrogens with zero attached hydrogens (tertiary/aromatic N) is 2. The number of hydrogen-bond donors (Lipinski definition) is 2. The zero-order valence-corrected chi connectivity index (χ0v) is 13.4. The summed E-state index contributed by atoms with van der Waals surface area (Å²) in [6.45, 7) is 5.68. The molecule has 0 aliphatic carbocycles. The van der Waals surface area contributed by atoms with Gasteiger partial charge in [-0.2, -0.15) is 0 Å². The molecule has 0 atom stereocenters. The minimum absolute atomic E-state index is 0.135. The Bertz CT molecular complexity index is 851. The fraction of sp³-hybridized carbons (Fsp3) is 0.333. The number of aryl methyl sites for hydroxylation is 1. The fourth-order valence-electron chi connectivity index (χ4n) is 3.46. The van der Waals surface area contributed by atoms with Crippen LogP contribution in [0.4, 0.5) is 0 Å². The van der Waals surface area contributed by atoms with Crippen LogP contribution in [0.25, 0.3) is 22.6 Å². The first kappa shape index (κ1) is 14.1. The number of fused-ring (bicyclic) bond motifs is 1. The lowest BCUT2D eigenvalue weighted by molar-refractivity contribution is 0.0791. The Hall–Kier alpha value is -2.56. The number of aromatic nitrogens is 3. The van der Waals surface area contributed by atoms with Gasteiger partial charge in [0.2, 0.25) is 0 Å². The number of H-pyrrole nitrogens is 2. The minimum Gasteiger partial charge on any atom is -0.355 e. The quantitative estimate of drug-likeness (QED) is 0.762. The van der Waals surface area contributed by atoms with E-state index in [2.05, 4.69) is 15.0 Å². The van der Waals surface area contributed by atoms with Crippen molar-refractivity contribution in [3.63, 3.8) is 0 Å². The fourth-order valence-corrected chi connectivity index (χ4v) is 3.46. The maximum absolute atomic E-state index is 12.8. The maximum Gasteiger partial charge on any atom is 0.255 e. The molecular formula is C18H20N4O. The van der Waals surface area contributed by atoms with Crippen LogP contribution < -0.4 is 0 Å². The molecule has 2 aromatic heterocycles. The number of para-hydroxylation sites is 2. The predicted octanol–water partition coefficient (Wildman–Crippen LogP) is 3.41. The molecule has 0 spiro atoms. The predicted molar refractivity (Wildman–Crippen MR) is 90.5 cm³/mol. The molecule has 1 aromatic carbocycles. The number of rotatable bonds is 2. The Balaban J connectivity index is 1.78. The number of aromatic amines is 2. The van der Waals surface area contributed by atoms with E-state index >= 15 is 0 Å². The largest absolute Gasteiger partial charge is 0.355 e. The summed E-state index contributed by atoms with van der Waals surface area (Å²) in [5.41, 5.74) is 5.51. The summed E-state index contributed by atoms with van der Waals surface area (Å²) in [7, 11) is 0. The molecule has 2 N–H and O–H groups in total. The lowest BCUT2D eigenvalue weighted by atomic mass is 10.1. The Morgan fingerprint density at radius 2 is 1.87 bits per heavy atom. The van der Waals surface area contributed by atoms with E-state index in [0.717, 1.165) is 65.3 Å². The van der Waals surface area contributed by atoms with E-state index in [0.29, 0.717) is 0 Å². The van der Waals surface area contributed by atoms with E-state index < -0.39 is 0 Å². The van der Waals surface area contributed by atoms with Crippen LogP contribution in [0.5, 0.6) is 0 Å². The number of carbonyl (C=O) groups is 1. The van der Waals surface area contributed by atoms with Gasteiger partial charge < -0.3 is 14.9 Å². The standard InChI is InChI=1S/C18H20N4O/c1-11-15(18(23)22-9-5-6-10-22)12(2)19-16(11)17-20-13-7-3-4-8-14(13)21-17/h3-4,7-8,19H,5-6,9-10H2,1-2H3,(H,20,21). The van der Waals surface area contributed by atoms with Crippen molar-refractivity contribution >= 4 is 16.9 Å². The number of likely N-dealkylation sites (tertiary alicyclic amines) is 1. The Morgan fingerprint density at radius 3 is 2.61 bits per heavy atom. The molecule has 0 unspecified atom stereocenters. The molecule has 1 aliphatic rings. The number of carbonyl (C=O) groups excluding carboxylic acids is 1. The molecule has 4 rings (SSSR count). The normalized spacial score (nSPS) is 14.8. The summed E-state index contributed by atoms with van der Waals surface area (Å²) in [5.74, 6) is 0.920. The topological polar surface area (TPSA) is 64.8 Å². The van der Waals surface area contributed by atoms with Crippen molar-refractivity contribution in [3.8, 4) is 11.5 Å². The molecule has 1 fully saturated rings. The highest BCUT2D eigenvalue weighted by molar-refractivity contribution is 5.99. The first-order valence-electron chi connectivity index (χ1n) is 8.08. The molecule has 1 amide bonds. The molecule has 0 bridgehead atoms. The van der Waals surface area contributed by atoms with Crippen LogP contribution in [-0.4, -0.2) is 38.8 Å².